The Kier molecular flexibility index (Phi) is 5.53. The van der Waals surface area contributed by atoms with Gasteiger partial charge in [0, 0.05) is 31.9 Å². The molecule has 1 aliphatic rings. The first-order valence-electron chi connectivity index (χ1n) is 10.7. The van der Waals surface area contributed by atoms with Crippen molar-refractivity contribution in [2.75, 3.05) is 13.2 Å². The molecule has 1 saturated heterocycles. The van der Waals surface area contributed by atoms with Gasteiger partial charge in [-0.25, -0.2) is 4.98 Å². The van der Waals surface area contributed by atoms with Gasteiger partial charge in [0.1, 0.15) is 5.69 Å². The monoisotopic (exact) mass is 449 g/mol. The summed E-state index contributed by atoms with van der Waals surface area (Å²) in [5.41, 5.74) is 5.49. The molecule has 7 nitrogen and oxygen atoms in total. The molecule has 32 heavy (non-hydrogen) atoms. The minimum absolute atomic E-state index is 0.0388. The van der Waals surface area contributed by atoms with Gasteiger partial charge in [0.15, 0.2) is 0 Å². The molecule has 2 aromatic heterocycles. The SMILES string of the molecule is Cc1c(Cc2ccc(-c3cn(C)nn3)cc2)cc2c(=O)n(C3CCOCC3)cnc2c1Cl. The minimum atomic E-state index is -0.0388. The van der Waals surface area contributed by atoms with Crippen LogP contribution in [0, 0.1) is 6.92 Å². The summed E-state index contributed by atoms with van der Waals surface area (Å²) in [5.74, 6) is 0. The third-order valence-electron chi connectivity index (χ3n) is 6.20. The average Bonchev–Trinajstić information content (AvgIpc) is 3.25. The van der Waals surface area contributed by atoms with E-state index < -0.39 is 0 Å². The fraction of sp³-hybridized carbons (Fsp3) is 0.333. The molecule has 0 atom stereocenters. The lowest BCUT2D eigenvalue weighted by Crippen LogP contribution is -2.29. The number of ether oxygens (including phenoxy) is 1. The van der Waals surface area contributed by atoms with Gasteiger partial charge in [-0.1, -0.05) is 41.1 Å². The molecule has 2 aromatic carbocycles. The van der Waals surface area contributed by atoms with Crippen LogP contribution in [-0.4, -0.2) is 37.8 Å². The van der Waals surface area contributed by atoms with E-state index >= 15 is 0 Å². The Morgan fingerprint density at radius 3 is 2.62 bits per heavy atom. The molecule has 0 N–H and O–H groups in total. The number of nitrogens with zero attached hydrogens (tertiary/aromatic N) is 5. The van der Waals surface area contributed by atoms with Crippen molar-refractivity contribution in [3.63, 3.8) is 0 Å². The summed E-state index contributed by atoms with van der Waals surface area (Å²) in [6, 6.07) is 10.3. The van der Waals surface area contributed by atoms with Crippen molar-refractivity contribution in [2.24, 2.45) is 7.05 Å². The van der Waals surface area contributed by atoms with E-state index in [0.717, 1.165) is 40.8 Å². The normalized spacial score (nSPS) is 14.8. The summed E-state index contributed by atoms with van der Waals surface area (Å²) in [7, 11) is 1.85. The number of hydrogen-bond donors (Lipinski definition) is 0. The Hall–Kier alpha value is -3.03. The number of benzene rings is 2. The number of hydrogen-bond acceptors (Lipinski definition) is 5. The number of fused-ring (bicyclic) bond motifs is 1. The number of aromatic nitrogens is 5. The second kappa shape index (κ2) is 8.48. The smallest absolute Gasteiger partial charge is 0.261 e. The van der Waals surface area contributed by atoms with Crippen LogP contribution in [0.5, 0.6) is 0 Å². The van der Waals surface area contributed by atoms with E-state index in [-0.39, 0.29) is 11.6 Å². The van der Waals surface area contributed by atoms with E-state index in [1.807, 2.05) is 38.4 Å². The van der Waals surface area contributed by atoms with Crippen LogP contribution >= 0.6 is 11.6 Å². The summed E-state index contributed by atoms with van der Waals surface area (Å²) in [6.45, 7) is 3.32. The van der Waals surface area contributed by atoms with Crippen molar-refractivity contribution < 1.29 is 4.74 Å². The summed E-state index contributed by atoms with van der Waals surface area (Å²) in [6.07, 6.45) is 5.83. The number of aryl methyl sites for hydroxylation is 1. The van der Waals surface area contributed by atoms with Gasteiger partial charge in [-0.3, -0.25) is 14.0 Å². The van der Waals surface area contributed by atoms with Crippen molar-refractivity contribution in [3.05, 3.63) is 74.9 Å². The quantitative estimate of drug-likeness (QED) is 0.469. The van der Waals surface area contributed by atoms with Crippen molar-refractivity contribution in [2.45, 2.75) is 32.2 Å². The second-order valence-corrected chi connectivity index (χ2v) is 8.70. The lowest BCUT2D eigenvalue weighted by atomic mass is 9.97. The minimum Gasteiger partial charge on any atom is -0.381 e. The Labute approximate surface area is 190 Å². The highest BCUT2D eigenvalue weighted by atomic mass is 35.5. The van der Waals surface area contributed by atoms with Gasteiger partial charge in [0.25, 0.3) is 5.56 Å². The van der Waals surface area contributed by atoms with Crippen LogP contribution in [0.2, 0.25) is 5.02 Å². The standard InChI is InChI=1S/C24H24ClN5O2/c1-15-18(11-16-3-5-17(6-4-16)21-13-29(2)28-27-21)12-20-23(22(15)25)26-14-30(24(20)31)19-7-9-32-10-8-19/h3-6,12-14,19H,7-11H2,1-2H3. The molecule has 0 unspecified atom stereocenters. The third-order valence-corrected chi connectivity index (χ3v) is 6.66. The van der Waals surface area contributed by atoms with E-state index in [0.29, 0.717) is 35.6 Å². The van der Waals surface area contributed by atoms with Crippen molar-refractivity contribution in [3.8, 4) is 11.3 Å². The molecule has 1 fully saturated rings. The van der Waals surface area contributed by atoms with Crippen molar-refractivity contribution in [1.82, 2.24) is 24.5 Å². The summed E-state index contributed by atoms with van der Waals surface area (Å²) in [5, 5.41) is 9.27. The molecule has 3 heterocycles. The van der Waals surface area contributed by atoms with Gasteiger partial charge < -0.3 is 4.74 Å². The van der Waals surface area contributed by atoms with Crippen LogP contribution < -0.4 is 5.56 Å². The molecule has 4 aromatic rings. The highest BCUT2D eigenvalue weighted by Gasteiger charge is 2.20. The molecule has 164 valence electrons. The van der Waals surface area contributed by atoms with Crippen LogP contribution in [0.15, 0.2) is 47.7 Å². The molecule has 0 amide bonds. The Morgan fingerprint density at radius 2 is 1.94 bits per heavy atom. The molecule has 0 saturated carbocycles. The fourth-order valence-electron chi connectivity index (χ4n) is 4.29. The first-order valence-corrected chi connectivity index (χ1v) is 11.1. The molecule has 0 aliphatic carbocycles. The van der Waals surface area contributed by atoms with Crippen LogP contribution in [0.25, 0.3) is 22.2 Å². The zero-order valence-corrected chi connectivity index (χ0v) is 18.8. The van der Waals surface area contributed by atoms with Gasteiger partial charge >= 0.3 is 0 Å². The maximum Gasteiger partial charge on any atom is 0.261 e. The molecular formula is C24H24ClN5O2. The van der Waals surface area contributed by atoms with E-state index in [1.165, 1.54) is 0 Å². The van der Waals surface area contributed by atoms with Crippen LogP contribution in [0.1, 0.15) is 35.6 Å². The topological polar surface area (TPSA) is 74.8 Å². The zero-order chi connectivity index (χ0) is 22.2. The van der Waals surface area contributed by atoms with Gasteiger partial charge in [-0.2, -0.15) is 0 Å². The van der Waals surface area contributed by atoms with Crippen LogP contribution in [0.3, 0.4) is 0 Å². The average molecular weight is 450 g/mol. The van der Waals surface area contributed by atoms with Gasteiger partial charge in [-0.05, 0) is 48.9 Å². The zero-order valence-electron chi connectivity index (χ0n) is 18.1. The van der Waals surface area contributed by atoms with E-state index in [4.69, 9.17) is 16.3 Å². The maximum absolute atomic E-state index is 13.3. The molecule has 0 radical (unpaired) electrons. The van der Waals surface area contributed by atoms with Gasteiger partial charge in [-0.15, -0.1) is 5.10 Å². The Balaban J connectivity index is 1.50. The number of rotatable bonds is 4. The van der Waals surface area contributed by atoms with Crippen LogP contribution in [-0.2, 0) is 18.2 Å². The molecule has 0 spiro atoms. The molecule has 8 heteroatoms. The lowest BCUT2D eigenvalue weighted by molar-refractivity contribution is 0.0685. The van der Waals surface area contributed by atoms with Gasteiger partial charge in [0.2, 0.25) is 0 Å². The largest absolute Gasteiger partial charge is 0.381 e. The molecule has 5 rings (SSSR count). The molecular weight excluding hydrogens is 426 g/mol. The van der Waals surface area contributed by atoms with Crippen LogP contribution in [0.4, 0.5) is 0 Å². The summed E-state index contributed by atoms with van der Waals surface area (Å²) in [4.78, 5) is 17.9. The molecule has 1 aliphatic heterocycles. The second-order valence-electron chi connectivity index (χ2n) is 8.32. The maximum atomic E-state index is 13.3. The van der Waals surface area contributed by atoms with E-state index in [2.05, 4.69) is 27.4 Å². The first kappa shape index (κ1) is 20.8. The summed E-state index contributed by atoms with van der Waals surface area (Å²) >= 11 is 6.67. The Morgan fingerprint density at radius 1 is 1.19 bits per heavy atom. The third kappa shape index (κ3) is 3.82. The Bertz CT molecular complexity index is 1340. The predicted octanol–water partition coefficient (Wildman–Crippen LogP) is 4.10. The fourth-order valence-corrected chi connectivity index (χ4v) is 4.56. The molecule has 0 bridgehead atoms. The van der Waals surface area contributed by atoms with Crippen molar-refractivity contribution in [1.29, 1.82) is 0 Å². The highest BCUT2D eigenvalue weighted by molar-refractivity contribution is 6.35. The van der Waals surface area contributed by atoms with E-state index in [9.17, 15) is 4.79 Å². The van der Waals surface area contributed by atoms with Gasteiger partial charge in [0.05, 0.1) is 28.4 Å². The van der Waals surface area contributed by atoms with E-state index in [1.54, 1.807) is 15.6 Å². The predicted molar refractivity (Wildman–Crippen MR) is 124 cm³/mol. The lowest BCUT2D eigenvalue weighted by Gasteiger charge is -2.24. The highest BCUT2D eigenvalue weighted by Crippen LogP contribution is 2.29. The summed E-state index contributed by atoms with van der Waals surface area (Å²) < 4.78 is 8.87. The van der Waals surface area contributed by atoms with Crippen molar-refractivity contribution >= 4 is 22.5 Å². The number of halogens is 1. The first-order chi connectivity index (χ1) is 15.5.